The number of rotatable bonds is 2. The average molecular weight is 176 g/mol. The molecule has 0 aromatic carbocycles. The Bertz CT molecular complexity index is 77.8. The van der Waals surface area contributed by atoms with Gasteiger partial charge in [-0.1, -0.05) is 0 Å². The van der Waals surface area contributed by atoms with Crippen molar-refractivity contribution in [3.63, 3.8) is 0 Å². The van der Waals surface area contributed by atoms with Crippen LogP contribution < -0.4 is 0 Å². The third-order valence-corrected chi connectivity index (χ3v) is 1.56. The minimum atomic E-state index is -0.464. The van der Waals surface area contributed by atoms with Crippen LogP contribution in [-0.4, -0.2) is 31.2 Å². The summed E-state index contributed by atoms with van der Waals surface area (Å²) in [5.74, 6) is 0. The number of aliphatic hydroxyl groups excluding tert-OH is 1. The van der Waals surface area contributed by atoms with E-state index in [0.717, 1.165) is 39.1 Å². The Morgan fingerprint density at radius 1 is 1.33 bits per heavy atom. The maximum absolute atomic E-state index is 8.69. The second-order valence-electron chi connectivity index (χ2n) is 2.60. The van der Waals surface area contributed by atoms with Crippen LogP contribution in [0, 0.1) is 0 Å². The van der Waals surface area contributed by atoms with Gasteiger partial charge in [-0.2, -0.15) is 0 Å². The van der Waals surface area contributed by atoms with Gasteiger partial charge in [-0.25, -0.2) is 0 Å². The highest BCUT2D eigenvalue weighted by Gasteiger charge is 2.07. The van der Waals surface area contributed by atoms with E-state index in [1.165, 1.54) is 0 Å². The first kappa shape index (κ1) is 11.9. The van der Waals surface area contributed by atoms with Crippen LogP contribution in [-0.2, 0) is 9.47 Å². The summed E-state index contributed by atoms with van der Waals surface area (Å²) >= 11 is 0. The fourth-order valence-electron chi connectivity index (χ4n) is 0.928. The first-order chi connectivity index (χ1) is 5.81. The fourth-order valence-corrected chi connectivity index (χ4v) is 0.928. The molecule has 0 aromatic heterocycles. The molecule has 0 saturated carbocycles. The quantitative estimate of drug-likeness (QED) is 0.693. The van der Waals surface area contributed by atoms with E-state index >= 15 is 0 Å². The lowest BCUT2D eigenvalue weighted by molar-refractivity contribution is -0.123. The molecule has 1 rings (SSSR count). The van der Waals surface area contributed by atoms with Crippen molar-refractivity contribution in [3.05, 3.63) is 0 Å². The number of aliphatic hydroxyl groups is 1. The van der Waals surface area contributed by atoms with Gasteiger partial charge in [-0.3, -0.25) is 0 Å². The van der Waals surface area contributed by atoms with Crippen LogP contribution in [0.25, 0.3) is 0 Å². The van der Waals surface area contributed by atoms with Crippen molar-refractivity contribution in [2.24, 2.45) is 0 Å². The van der Waals surface area contributed by atoms with Gasteiger partial charge in [0.25, 0.3) is 0 Å². The maximum atomic E-state index is 8.69. The van der Waals surface area contributed by atoms with E-state index in [0.29, 0.717) is 0 Å². The summed E-state index contributed by atoms with van der Waals surface area (Å²) < 4.78 is 9.67. The zero-order valence-corrected chi connectivity index (χ0v) is 8.08. The second-order valence-corrected chi connectivity index (χ2v) is 2.60. The Kier molecular flexibility index (Phi) is 8.88. The standard InChI is InChI=1S/C5H10O2.C4H10O/c6-5-3-1-2-4-7-5;1-3-5-4-2/h5-6H,1-4H2;3-4H2,1-2H3. The molecule has 1 unspecified atom stereocenters. The summed E-state index contributed by atoms with van der Waals surface area (Å²) in [5.41, 5.74) is 0. The molecule has 1 aliphatic heterocycles. The summed E-state index contributed by atoms with van der Waals surface area (Å²) in [6.45, 7) is 6.40. The van der Waals surface area contributed by atoms with Crippen molar-refractivity contribution in [3.8, 4) is 0 Å². The van der Waals surface area contributed by atoms with E-state index in [-0.39, 0.29) is 0 Å². The van der Waals surface area contributed by atoms with Crippen LogP contribution in [0.4, 0.5) is 0 Å². The number of hydrogen-bond donors (Lipinski definition) is 1. The van der Waals surface area contributed by atoms with Gasteiger partial charge in [-0.15, -0.1) is 0 Å². The molecule has 74 valence electrons. The molecule has 12 heavy (non-hydrogen) atoms. The molecule has 1 fully saturated rings. The van der Waals surface area contributed by atoms with Crippen LogP contribution in [0.3, 0.4) is 0 Å². The van der Waals surface area contributed by atoms with Gasteiger partial charge in [0.15, 0.2) is 6.29 Å². The average Bonchev–Trinajstić information content (AvgIpc) is 2.08. The van der Waals surface area contributed by atoms with Gasteiger partial charge in [0.1, 0.15) is 0 Å². The van der Waals surface area contributed by atoms with Crippen LogP contribution >= 0.6 is 0 Å². The minimum absolute atomic E-state index is 0.464. The number of hydrogen-bond acceptors (Lipinski definition) is 3. The van der Waals surface area contributed by atoms with E-state index in [1.54, 1.807) is 0 Å². The fraction of sp³-hybridized carbons (Fsp3) is 1.00. The Balaban J connectivity index is 0.000000217. The summed E-state index contributed by atoms with van der Waals surface area (Å²) in [5, 5.41) is 8.69. The number of ether oxygens (including phenoxy) is 2. The van der Waals surface area contributed by atoms with E-state index in [4.69, 9.17) is 14.6 Å². The SMILES string of the molecule is CCOCC.OC1CCCCO1. The summed E-state index contributed by atoms with van der Waals surface area (Å²) in [6, 6.07) is 0. The van der Waals surface area contributed by atoms with Crippen molar-refractivity contribution in [2.75, 3.05) is 19.8 Å². The van der Waals surface area contributed by atoms with Crippen molar-refractivity contribution >= 4 is 0 Å². The Labute approximate surface area is 74.7 Å². The maximum Gasteiger partial charge on any atom is 0.154 e. The third-order valence-electron chi connectivity index (χ3n) is 1.56. The van der Waals surface area contributed by atoms with Gasteiger partial charge in [0.2, 0.25) is 0 Å². The van der Waals surface area contributed by atoms with Crippen molar-refractivity contribution in [1.29, 1.82) is 0 Å². The van der Waals surface area contributed by atoms with E-state index in [9.17, 15) is 0 Å². The summed E-state index contributed by atoms with van der Waals surface area (Å²) in [4.78, 5) is 0. The molecule has 3 nitrogen and oxygen atoms in total. The largest absolute Gasteiger partial charge is 0.382 e. The first-order valence-corrected chi connectivity index (χ1v) is 4.68. The van der Waals surface area contributed by atoms with Gasteiger partial charge < -0.3 is 14.6 Å². The molecule has 0 aliphatic carbocycles. The molecule has 0 spiro atoms. The van der Waals surface area contributed by atoms with Crippen LogP contribution in [0.1, 0.15) is 33.1 Å². The molecule has 1 N–H and O–H groups in total. The van der Waals surface area contributed by atoms with Gasteiger partial charge in [0.05, 0.1) is 0 Å². The van der Waals surface area contributed by atoms with E-state index in [2.05, 4.69) is 0 Å². The smallest absolute Gasteiger partial charge is 0.154 e. The molecule has 1 aliphatic rings. The Morgan fingerprint density at radius 2 is 2.00 bits per heavy atom. The zero-order chi connectivity index (χ0) is 9.23. The highest BCUT2D eigenvalue weighted by molar-refractivity contribution is 4.50. The monoisotopic (exact) mass is 176 g/mol. The van der Waals surface area contributed by atoms with E-state index < -0.39 is 6.29 Å². The normalized spacial score (nSPS) is 22.8. The molecular weight excluding hydrogens is 156 g/mol. The predicted octanol–water partition coefficient (Wildman–Crippen LogP) is 1.55. The Hall–Kier alpha value is -0.120. The van der Waals surface area contributed by atoms with Crippen LogP contribution in [0.2, 0.25) is 0 Å². The summed E-state index contributed by atoms with van der Waals surface area (Å²) in [7, 11) is 0. The van der Waals surface area contributed by atoms with Crippen molar-refractivity contribution in [2.45, 2.75) is 39.4 Å². The molecular formula is C9H20O3. The minimum Gasteiger partial charge on any atom is -0.382 e. The molecule has 3 heteroatoms. The highest BCUT2D eigenvalue weighted by Crippen LogP contribution is 2.08. The van der Waals surface area contributed by atoms with Gasteiger partial charge in [0, 0.05) is 19.8 Å². The van der Waals surface area contributed by atoms with Gasteiger partial charge >= 0.3 is 0 Å². The Morgan fingerprint density at radius 3 is 2.17 bits per heavy atom. The lowest BCUT2D eigenvalue weighted by Gasteiger charge is -2.16. The zero-order valence-electron chi connectivity index (χ0n) is 8.08. The highest BCUT2D eigenvalue weighted by atomic mass is 16.6. The third kappa shape index (κ3) is 7.98. The topological polar surface area (TPSA) is 38.7 Å². The van der Waals surface area contributed by atoms with Crippen molar-refractivity contribution in [1.82, 2.24) is 0 Å². The summed E-state index contributed by atoms with van der Waals surface area (Å²) in [6.07, 6.45) is 2.58. The van der Waals surface area contributed by atoms with E-state index in [1.807, 2.05) is 13.8 Å². The van der Waals surface area contributed by atoms with Crippen LogP contribution in [0.15, 0.2) is 0 Å². The molecule has 1 saturated heterocycles. The lowest BCUT2D eigenvalue weighted by atomic mass is 10.2. The first-order valence-electron chi connectivity index (χ1n) is 4.68. The molecule has 1 atom stereocenters. The van der Waals surface area contributed by atoms with Crippen molar-refractivity contribution < 1.29 is 14.6 Å². The lowest BCUT2D eigenvalue weighted by Crippen LogP contribution is -2.17. The molecule has 0 bridgehead atoms. The molecule has 0 radical (unpaired) electrons. The van der Waals surface area contributed by atoms with Gasteiger partial charge in [-0.05, 0) is 33.1 Å². The molecule has 1 heterocycles. The van der Waals surface area contributed by atoms with Crippen LogP contribution in [0.5, 0.6) is 0 Å². The molecule has 0 aromatic rings. The second kappa shape index (κ2) is 8.97. The predicted molar refractivity (Wildman–Crippen MR) is 48.0 cm³/mol. The molecule has 0 amide bonds.